The molecule has 0 saturated carbocycles. The molecule has 2 aromatic carbocycles. The van der Waals surface area contributed by atoms with Crippen molar-refractivity contribution in [3.63, 3.8) is 0 Å². The van der Waals surface area contributed by atoms with Crippen LogP contribution in [0.25, 0.3) is 38.3 Å². The molecule has 0 atom stereocenters. The first kappa shape index (κ1) is 19.0. The summed E-state index contributed by atoms with van der Waals surface area (Å²) in [6.07, 6.45) is 3.28. The Kier molecular flexibility index (Phi) is 4.48. The summed E-state index contributed by atoms with van der Waals surface area (Å²) < 4.78 is 1.80. The molecule has 0 fully saturated rings. The zero-order valence-corrected chi connectivity index (χ0v) is 17.4. The molecule has 152 valence electrons. The van der Waals surface area contributed by atoms with E-state index >= 15 is 0 Å². The van der Waals surface area contributed by atoms with Crippen LogP contribution in [0.2, 0.25) is 0 Å². The summed E-state index contributed by atoms with van der Waals surface area (Å²) in [6.45, 7) is 1.97. The molecule has 5 aromatic rings. The molecule has 1 amide bonds. The van der Waals surface area contributed by atoms with E-state index in [1.807, 2.05) is 55.6 Å². The van der Waals surface area contributed by atoms with Gasteiger partial charge in [0, 0.05) is 22.9 Å². The van der Waals surface area contributed by atoms with E-state index in [1.54, 1.807) is 28.0 Å². The first-order valence-corrected chi connectivity index (χ1v) is 10.4. The van der Waals surface area contributed by atoms with Crippen LogP contribution in [0.5, 0.6) is 0 Å². The molecular formula is C23H18N6OS. The van der Waals surface area contributed by atoms with Crippen LogP contribution >= 0.6 is 11.3 Å². The first-order valence-electron chi connectivity index (χ1n) is 9.57. The number of benzene rings is 2. The van der Waals surface area contributed by atoms with Crippen LogP contribution in [-0.4, -0.2) is 25.5 Å². The van der Waals surface area contributed by atoms with Crippen LogP contribution < -0.4 is 11.5 Å². The van der Waals surface area contributed by atoms with Gasteiger partial charge in [-0.25, -0.2) is 14.5 Å². The van der Waals surface area contributed by atoms with Gasteiger partial charge in [0.15, 0.2) is 5.82 Å². The lowest BCUT2D eigenvalue weighted by Crippen LogP contribution is -2.12. The fourth-order valence-corrected chi connectivity index (χ4v) is 4.54. The molecule has 8 heteroatoms. The number of nitrogens with zero attached hydrogens (tertiary/aromatic N) is 4. The topological polar surface area (TPSA) is 112 Å². The van der Waals surface area contributed by atoms with E-state index in [0.717, 1.165) is 43.3 Å². The standard InChI is InChI=1S/C23H18N6OS/c1-13-26-11-20(31-13)18-10-19(29-21(18)22(24)27-12-28-29)15-6-4-5-14(9-15)16-7-2-3-8-17(16)23(25)30/h2-12H,1H3,(H2,25,30)(H2,24,27,28). The average molecular weight is 427 g/mol. The smallest absolute Gasteiger partial charge is 0.249 e. The summed E-state index contributed by atoms with van der Waals surface area (Å²) in [7, 11) is 0. The summed E-state index contributed by atoms with van der Waals surface area (Å²) in [4.78, 5) is 21.5. The molecule has 0 bridgehead atoms. The van der Waals surface area contributed by atoms with Crippen molar-refractivity contribution in [3.8, 4) is 32.8 Å². The third kappa shape index (κ3) is 3.23. The number of rotatable bonds is 4. The number of hydrogen-bond acceptors (Lipinski definition) is 6. The van der Waals surface area contributed by atoms with E-state index in [0.29, 0.717) is 11.4 Å². The van der Waals surface area contributed by atoms with Gasteiger partial charge in [-0.15, -0.1) is 11.3 Å². The number of anilines is 1. The molecule has 0 spiro atoms. The quantitative estimate of drug-likeness (QED) is 0.448. The van der Waals surface area contributed by atoms with Crippen LogP contribution in [0.1, 0.15) is 15.4 Å². The second-order valence-electron chi connectivity index (χ2n) is 7.08. The maximum atomic E-state index is 11.9. The Morgan fingerprint density at radius 3 is 2.58 bits per heavy atom. The van der Waals surface area contributed by atoms with Gasteiger partial charge in [-0.1, -0.05) is 36.4 Å². The third-order valence-corrected chi connectivity index (χ3v) is 6.08. The van der Waals surface area contributed by atoms with Gasteiger partial charge in [0.05, 0.1) is 15.6 Å². The van der Waals surface area contributed by atoms with Gasteiger partial charge in [0.25, 0.3) is 0 Å². The minimum Gasteiger partial charge on any atom is -0.382 e. The van der Waals surface area contributed by atoms with Crippen molar-refractivity contribution in [3.05, 3.63) is 77.7 Å². The Labute approximate surface area is 182 Å². The Bertz CT molecular complexity index is 1450. The van der Waals surface area contributed by atoms with E-state index < -0.39 is 5.91 Å². The summed E-state index contributed by atoms with van der Waals surface area (Å²) in [5, 5.41) is 5.42. The normalized spacial score (nSPS) is 11.1. The summed E-state index contributed by atoms with van der Waals surface area (Å²) >= 11 is 1.59. The number of carbonyl (C=O) groups is 1. The molecule has 0 unspecified atom stereocenters. The van der Waals surface area contributed by atoms with Gasteiger partial charge in [-0.3, -0.25) is 4.79 Å². The lowest BCUT2D eigenvalue weighted by Gasteiger charge is -2.09. The molecule has 0 aliphatic heterocycles. The summed E-state index contributed by atoms with van der Waals surface area (Å²) in [5.74, 6) is -0.0602. The monoisotopic (exact) mass is 426 g/mol. The Morgan fingerprint density at radius 1 is 1.00 bits per heavy atom. The van der Waals surface area contributed by atoms with Crippen LogP contribution in [0.4, 0.5) is 5.82 Å². The number of aryl methyl sites for hydroxylation is 1. The maximum Gasteiger partial charge on any atom is 0.249 e. The second-order valence-corrected chi connectivity index (χ2v) is 8.32. The number of nitrogens with two attached hydrogens (primary N) is 2. The highest BCUT2D eigenvalue weighted by Gasteiger charge is 2.18. The Morgan fingerprint density at radius 2 is 1.81 bits per heavy atom. The van der Waals surface area contributed by atoms with E-state index in [9.17, 15) is 4.79 Å². The van der Waals surface area contributed by atoms with Gasteiger partial charge in [0.2, 0.25) is 5.91 Å². The lowest BCUT2D eigenvalue weighted by atomic mass is 9.97. The SMILES string of the molecule is Cc1ncc(-c2cc(-c3cccc(-c4ccccc4C(N)=O)c3)n3ncnc(N)c23)s1. The van der Waals surface area contributed by atoms with Gasteiger partial charge >= 0.3 is 0 Å². The van der Waals surface area contributed by atoms with Gasteiger partial charge < -0.3 is 11.5 Å². The van der Waals surface area contributed by atoms with Crippen LogP contribution in [0.15, 0.2) is 67.1 Å². The molecule has 31 heavy (non-hydrogen) atoms. The zero-order valence-electron chi connectivity index (χ0n) is 16.6. The highest BCUT2D eigenvalue weighted by atomic mass is 32.1. The Hall–Kier alpha value is -4.04. The number of nitrogen functional groups attached to an aromatic ring is 1. The number of hydrogen-bond donors (Lipinski definition) is 2. The number of aromatic nitrogens is 4. The van der Waals surface area contributed by atoms with Crippen molar-refractivity contribution in [1.82, 2.24) is 19.6 Å². The second kappa shape index (κ2) is 7.33. The van der Waals surface area contributed by atoms with Crippen LogP contribution in [-0.2, 0) is 0 Å². The van der Waals surface area contributed by atoms with E-state index in [1.165, 1.54) is 6.33 Å². The summed E-state index contributed by atoms with van der Waals surface area (Å²) in [5.41, 5.74) is 17.4. The van der Waals surface area contributed by atoms with Gasteiger partial charge in [-0.2, -0.15) is 5.10 Å². The molecule has 0 aliphatic rings. The predicted molar refractivity (Wildman–Crippen MR) is 123 cm³/mol. The fraction of sp³-hybridized carbons (Fsp3) is 0.0435. The highest BCUT2D eigenvalue weighted by Crippen LogP contribution is 2.38. The average Bonchev–Trinajstić information content (AvgIpc) is 3.38. The number of fused-ring (bicyclic) bond motifs is 1. The number of primary amides is 1. The molecule has 3 heterocycles. The van der Waals surface area contributed by atoms with Crippen molar-refractivity contribution in [1.29, 1.82) is 0 Å². The molecule has 0 saturated heterocycles. The zero-order chi connectivity index (χ0) is 21.5. The minimum atomic E-state index is -0.461. The van der Waals surface area contributed by atoms with Crippen molar-refractivity contribution in [2.75, 3.05) is 5.73 Å². The minimum absolute atomic E-state index is 0.400. The van der Waals surface area contributed by atoms with Gasteiger partial charge in [0.1, 0.15) is 11.8 Å². The third-order valence-electron chi connectivity index (χ3n) is 5.13. The molecule has 4 N–H and O–H groups in total. The van der Waals surface area contributed by atoms with Crippen molar-refractivity contribution in [2.24, 2.45) is 5.73 Å². The first-order chi connectivity index (χ1) is 15.0. The molecule has 0 radical (unpaired) electrons. The van der Waals surface area contributed by atoms with Crippen molar-refractivity contribution >= 4 is 28.6 Å². The largest absolute Gasteiger partial charge is 0.382 e. The molecule has 5 rings (SSSR count). The van der Waals surface area contributed by atoms with E-state index in [-0.39, 0.29) is 0 Å². The Balaban J connectivity index is 1.72. The number of amides is 1. The highest BCUT2D eigenvalue weighted by molar-refractivity contribution is 7.15. The van der Waals surface area contributed by atoms with E-state index in [2.05, 4.69) is 15.1 Å². The number of carbonyl (C=O) groups excluding carboxylic acids is 1. The maximum absolute atomic E-state index is 11.9. The van der Waals surface area contributed by atoms with Crippen molar-refractivity contribution < 1.29 is 4.79 Å². The van der Waals surface area contributed by atoms with Crippen molar-refractivity contribution in [2.45, 2.75) is 6.92 Å². The molecule has 7 nitrogen and oxygen atoms in total. The lowest BCUT2D eigenvalue weighted by molar-refractivity contribution is 0.100. The molecular weight excluding hydrogens is 408 g/mol. The molecule has 0 aliphatic carbocycles. The molecule has 3 aromatic heterocycles. The van der Waals surface area contributed by atoms with Gasteiger partial charge in [-0.05, 0) is 36.2 Å². The number of thiazole rings is 1. The summed E-state index contributed by atoms with van der Waals surface area (Å²) in [6, 6.07) is 17.3. The predicted octanol–water partition coefficient (Wildman–Crippen LogP) is 4.18. The van der Waals surface area contributed by atoms with Crippen LogP contribution in [0.3, 0.4) is 0 Å². The fourth-order valence-electron chi connectivity index (χ4n) is 3.74. The van der Waals surface area contributed by atoms with E-state index in [4.69, 9.17) is 11.5 Å². The van der Waals surface area contributed by atoms with Crippen LogP contribution in [0, 0.1) is 6.92 Å².